The van der Waals surface area contributed by atoms with Crippen molar-refractivity contribution in [2.45, 2.75) is 42.7 Å². The molecule has 0 aliphatic heterocycles. The molecule has 110 valence electrons. The van der Waals surface area contributed by atoms with E-state index in [9.17, 15) is 4.79 Å². The van der Waals surface area contributed by atoms with Crippen molar-refractivity contribution >= 4 is 39.7 Å². The van der Waals surface area contributed by atoms with Crippen molar-refractivity contribution in [2.24, 2.45) is 0 Å². The summed E-state index contributed by atoms with van der Waals surface area (Å²) in [5.74, 6) is 0.347. The Morgan fingerprint density at radius 1 is 1.33 bits per heavy atom. The molecule has 1 aliphatic rings. The van der Waals surface area contributed by atoms with Crippen molar-refractivity contribution < 1.29 is 4.79 Å². The van der Waals surface area contributed by atoms with Gasteiger partial charge in [-0.2, -0.15) is 0 Å². The fourth-order valence-corrected chi connectivity index (χ4v) is 4.47. The number of carbonyl (C=O) groups excluding carboxylic acids is 1. The maximum absolute atomic E-state index is 11.7. The molecule has 1 aromatic carbocycles. The van der Waals surface area contributed by atoms with Gasteiger partial charge in [-0.05, 0) is 43.9 Å². The predicted molar refractivity (Wildman–Crippen MR) is 87.6 cm³/mol. The molecule has 0 saturated heterocycles. The van der Waals surface area contributed by atoms with Gasteiger partial charge in [0.15, 0.2) is 4.34 Å². The number of carbonyl (C=O) groups is 1. The first-order chi connectivity index (χ1) is 10.1. The monoisotopic (exact) mass is 319 g/mol. The number of nitrogens with one attached hydrogen (secondary N) is 1. The average Bonchev–Trinajstić information content (AvgIpc) is 3.06. The van der Waals surface area contributed by atoms with Crippen LogP contribution in [-0.4, -0.2) is 21.2 Å². The van der Waals surface area contributed by atoms with E-state index in [0.29, 0.717) is 12.2 Å². The number of aryl methyl sites for hydroxylation is 1. The zero-order valence-corrected chi connectivity index (χ0v) is 13.7. The summed E-state index contributed by atoms with van der Waals surface area (Å²) in [6.45, 7) is 4.18. The van der Waals surface area contributed by atoms with Crippen LogP contribution in [0.4, 0.5) is 10.8 Å². The summed E-state index contributed by atoms with van der Waals surface area (Å²) in [7, 11) is 0. The van der Waals surface area contributed by atoms with Crippen LogP contribution < -0.4 is 5.32 Å². The summed E-state index contributed by atoms with van der Waals surface area (Å²) < 4.78 is 0.864. The van der Waals surface area contributed by atoms with E-state index >= 15 is 0 Å². The van der Waals surface area contributed by atoms with Crippen LogP contribution in [0, 0.1) is 13.8 Å². The number of nitrogens with zero attached hydrogens (tertiary/aromatic N) is 2. The highest BCUT2D eigenvalue weighted by Crippen LogP contribution is 2.36. The minimum Gasteiger partial charge on any atom is -0.330 e. The summed E-state index contributed by atoms with van der Waals surface area (Å²) >= 11 is 3.06. The number of hydrogen-bond donors (Lipinski definition) is 1. The van der Waals surface area contributed by atoms with Gasteiger partial charge < -0.3 is 5.32 Å². The Hall–Kier alpha value is -1.40. The fourth-order valence-electron chi connectivity index (χ4n) is 2.34. The molecule has 1 aromatic heterocycles. The number of ketones is 1. The molecule has 1 heterocycles. The maximum atomic E-state index is 11.7. The molecule has 0 spiro atoms. The van der Waals surface area contributed by atoms with Crippen LogP contribution in [0.25, 0.3) is 0 Å². The van der Waals surface area contributed by atoms with Crippen LogP contribution in [0.15, 0.2) is 22.5 Å². The Morgan fingerprint density at radius 2 is 2.19 bits per heavy atom. The van der Waals surface area contributed by atoms with Gasteiger partial charge in [0, 0.05) is 12.1 Å². The molecule has 3 rings (SSSR count). The van der Waals surface area contributed by atoms with Crippen LogP contribution in [0.2, 0.25) is 0 Å². The molecule has 4 nitrogen and oxygen atoms in total. The van der Waals surface area contributed by atoms with Gasteiger partial charge in [0.05, 0.1) is 5.25 Å². The molecule has 0 bridgehead atoms. The van der Waals surface area contributed by atoms with E-state index in [1.54, 1.807) is 11.8 Å². The van der Waals surface area contributed by atoms with Crippen molar-refractivity contribution in [3.8, 4) is 0 Å². The predicted octanol–water partition coefficient (Wildman–Crippen LogP) is 4.11. The van der Waals surface area contributed by atoms with Crippen LogP contribution in [-0.2, 0) is 4.79 Å². The minimum atomic E-state index is 0.0755. The number of Topliss-reactive ketones (excluding diaryl/α,β-unsaturated/α-hetero) is 1. The summed E-state index contributed by atoms with van der Waals surface area (Å²) in [6, 6.07) is 6.16. The van der Waals surface area contributed by atoms with Gasteiger partial charge >= 0.3 is 0 Å². The Bertz CT molecular complexity index is 669. The Morgan fingerprint density at radius 3 is 2.95 bits per heavy atom. The highest BCUT2D eigenvalue weighted by atomic mass is 32.2. The van der Waals surface area contributed by atoms with Crippen molar-refractivity contribution in [1.82, 2.24) is 10.2 Å². The van der Waals surface area contributed by atoms with E-state index in [4.69, 9.17) is 0 Å². The second kappa shape index (κ2) is 6.15. The molecule has 2 aromatic rings. The first kappa shape index (κ1) is 14.5. The van der Waals surface area contributed by atoms with Crippen molar-refractivity contribution in [1.29, 1.82) is 0 Å². The minimum absolute atomic E-state index is 0.0755. The van der Waals surface area contributed by atoms with Gasteiger partial charge in [0.2, 0.25) is 5.13 Å². The van der Waals surface area contributed by atoms with E-state index in [1.807, 2.05) is 12.1 Å². The average molecular weight is 319 g/mol. The van der Waals surface area contributed by atoms with Crippen LogP contribution >= 0.6 is 23.1 Å². The standard InChI is InChI=1S/C15H17N3OS2/c1-9-5-3-6-11(10(9)2)16-14-17-18-15(21-14)20-13-8-4-7-12(13)19/h3,5-6,13H,4,7-8H2,1-2H3,(H,16,17)/t13-/m0/s1. The lowest BCUT2D eigenvalue weighted by Gasteiger charge is -2.08. The molecule has 0 unspecified atom stereocenters. The van der Waals surface area contributed by atoms with Gasteiger partial charge in [-0.1, -0.05) is 35.2 Å². The smallest absolute Gasteiger partial charge is 0.210 e. The van der Waals surface area contributed by atoms with E-state index in [0.717, 1.165) is 28.0 Å². The molecule has 0 radical (unpaired) electrons. The van der Waals surface area contributed by atoms with Gasteiger partial charge in [0.1, 0.15) is 5.78 Å². The van der Waals surface area contributed by atoms with Gasteiger partial charge in [-0.3, -0.25) is 4.79 Å². The largest absolute Gasteiger partial charge is 0.330 e. The topological polar surface area (TPSA) is 54.9 Å². The molecule has 1 saturated carbocycles. The molecular weight excluding hydrogens is 302 g/mol. The summed E-state index contributed by atoms with van der Waals surface area (Å²) in [5.41, 5.74) is 3.52. The highest BCUT2D eigenvalue weighted by Gasteiger charge is 2.26. The number of benzene rings is 1. The summed E-state index contributed by atoms with van der Waals surface area (Å²) in [5, 5.41) is 12.5. The number of anilines is 2. The summed E-state index contributed by atoms with van der Waals surface area (Å²) in [4.78, 5) is 11.7. The number of rotatable bonds is 4. The zero-order valence-electron chi connectivity index (χ0n) is 12.0. The highest BCUT2D eigenvalue weighted by molar-refractivity contribution is 8.02. The van der Waals surface area contributed by atoms with Crippen LogP contribution in [0.1, 0.15) is 30.4 Å². The number of thioether (sulfide) groups is 1. The lowest BCUT2D eigenvalue weighted by atomic mass is 10.1. The number of hydrogen-bond acceptors (Lipinski definition) is 6. The quantitative estimate of drug-likeness (QED) is 0.919. The molecular formula is C15H17N3OS2. The van der Waals surface area contributed by atoms with Crippen LogP contribution in [0.3, 0.4) is 0 Å². The lowest BCUT2D eigenvalue weighted by Crippen LogP contribution is -2.07. The second-order valence-corrected chi connectivity index (χ2v) is 7.64. The first-order valence-electron chi connectivity index (χ1n) is 6.99. The SMILES string of the molecule is Cc1cccc(Nc2nnc(S[C@H]3CCCC3=O)s2)c1C. The fraction of sp³-hybridized carbons (Fsp3) is 0.400. The van der Waals surface area contributed by atoms with E-state index in [-0.39, 0.29) is 5.25 Å². The molecule has 1 fully saturated rings. The van der Waals surface area contributed by atoms with Crippen molar-refractivity contribution in [3.63, 3.8) is 0 Å². The van der Waals surface area contributed by atoms with Crippen LogP contribution in [0.5, 0.6) is 0 Å². The van der Waals surface area contributed by atoms with Gasteiger partial charge in [0.25, 0.3) is 0 Å². The van der Waals surface area contributed by atoms with Crippen molar-refractivity contribution in [2.75, 3.05) is 5.32 Å². The lowest BCUT2D eigenvalue weighted by molar-refractivity contribution is -0.116. The maximum Gasteiger partial charge on any atom is 0.210 e. The summed E-state index contributed by atoms with van der Waals surface area (Å²) in [6.07, 6.45) is 2.68. The third kappa shape index (κ3) is 3.27. The normalized spacial score (nSPS) is 18.2. The molecule has 1 N–H and O–H groups in total. The third-order valence-corrected chi connectivity index (χ3v) is 5.98. The van der Waals surface area contributed by atoms with E-state index < -0.39 is 0 Å². The third-order valence-electron chi connectivity index (χ3n) is 3.74. The molecule has 1 atom stereocenters. The Labute approximate surface area is 132 Å². The van der Waals surface area contributed by atoms with E-state index in [1.165, 1.54) is 22.5 Å². The van der Waals surface area contributed by atoms with Crippen molar-refractivity contribution in [3.05, 3.63) is 29.3 Å². The molecule has 6 heteroatoms. The first-order valence-corrected chi connectivity index (χ1v) is 8.69. The van der Waals surface area contributed by atoms with E-state index in [2.05, 4.69) is 35.4 Å². The molecule has 0 amide bonds. The molecule has 1 aliphatic carbocycles. The Balaban J connectivity index is 1.70. The molecule has 21 heavy (non-hydrogen) atoms. The zero-order chi connectivity index (χ0) is 14.8. The van der Waals surface area contributed by atoms with Gasteiger partial charge in [-0.15, -0.1) is 10.2 Å². The number of aromatic nitrogens is 2. The second-order valence-electron chi connectivity index (χ2n) is 5.21. The Kier molecular flexibility index (Phi) is 4.26. The van der Waals surface area contributed by atoms with Gasteiger partial charge in [-0.25, -0.2) is 0 Å².